The van der Waals surface area contributed by atoms with Gasteiger partial charge in [-0.05, 0) is 80.3 Å². The molecule has 0 heterocycles. The van der Waals surface area contributed by atoms with Crippen molar-refractivity contribution in [3.8, 4) is 0 Å². The fraction of sp³-hybridized carbons (Fsp3) is 0.333. The van der Waals surface area contributed by atoms with Gasteiger partial charge in [-0.3, -0.25) is 13.9 Å². The number of aryl methyl sites for hydroxylation is 2. The summed E-state index contributed by atoms with van der Waals surface area (Å²) in [5, 5.41) is 3.80. The maximum absolute atomic E-state index is 14.0. The van der Waals surface area contributed by atoms with Gasteiger partial charge >= 0.3 is 0 Å². The SMILES string of the molecule is Cc1ccc(S(=O)(=O)N(CC(=O)N(Cc2cccc(Cl)c2)[C@H](C)C(=O)NCC(C)C)c2ccc(Cl)cc2C)cc1. The summed E-state index contributed by atoms with van der Waals surface area (Å²) in [6.07, 6.45) is 0. The second kappa shape index (κ2) is 13.5. The van der Waals surface area contributed by atoms with Gasteiger partial charge in [0.2, 0.25) is 11.8 Å². The van der Waals surface area contributed by atoms with Crippen molar-refractivity contribution in [2.24, 2.45) is 5.92 Å². The fourth-order valence-corrected chi connectivity index (χ4v) is 6.03. The van der Waals surface area contributed by atoms with Gasteiger partial charge in [-0.15, -0.1) is 0 Å². The number of amides is 2. The Hall–Kier alpha value is -3.07. The summed E-state index contributed by atoms with van der Waals surface area (Å²) in [6, 6.07) is 17.4. The van der Waals surface area contributed by atoms with Crippen molar-refractivity contribution in [1.29, 1.82) is 0 Å². The standard InChI is InChI=1S/C30H35Cl2N3O4S/c1-20(2)17-33-30(37)23(5)34(18-24-7-6-8-25(31)16-24)29(36)19-35(28-14-11-26(32)15-22(28)4)40(38,39)27-12-9-21(3)10-13-27/h6-16,20,23H,17-19H2,1-5H3,(H,33,37)/t23-/m1/s1. The second-order valence-corrected chi connectivity index (χ2v) is 13.0. The minimum Gasteiger partial charge on any atom is -0.354 e. The van der Waals surface area contributed by atoms with Crippen LogP contribution in [-0.4, -0.2) is 44.3 Å². The smallest absolute Gasteiger partial charge is 0.264 e. The van der Waals surface area contributed by atoms with E-state index in [1.54, 1.807) is 68.4 Å². The Balaban J connectivity index is 2.05. The quantitative estimate of drug-likeness (QED) is 0.291. The molecular formula is C30H35Cl2N3O4S. The lowest BCUT2D eigenvalue weighted by Gasteiger charge is -2.32. The van der Waals surface area contributed by atoms with Gasteiger partial charge in [0.25, 0.3) is 10.0 Å². The number of benzene rings is 3. The van der Waals surface area contributed by atoms with Crippen LogP contribution in [0.4, 0.5) is 5.69 Å². The minimum atomic E-state index is -4.16. The van der Waals surface area contributed by atoms with Crippen LogP contribution in [-0.2, 0) is 26.2 Å². The van der Waals surface area contributed by atoms with Gasteiger partial charge in [-0.1, -0.05) is 66.9 Å². The zero-order valence-electron chi connectivity index (χ0n) is 23.3. The molecule has 40 heavy (non-hydrogen) atoms. The van der Waals surface area contributed by atoms with E-state index in [2.05, 4.69) is 5.32 Å². The topological polar surface area (TPSA) is 86.8 Å². The Morgan fingerprint density at radius 1 is 0.900 bits per heavy atom. The van der Waals surface area contributed by atoms with Crippen molar-refractivity contribution in [1.82, 2.24) is 10.2 Å². The van der Waals surface area contributed by atoms with Crippen LogP contribution in [0.15, 0.2) is 71.6 Å². The number of rotatable bonds is 11. The van der Waals surface area contributed by atoms with Crippen LogP contribution in [0.25, 0.3) is 0 Å². The predicted molar refractivity (Wildman–Crippen MR) is 161 cm³/mol. The van der Waals surface area contributed by atoms with E-state index in [0.717, 1.165) is 9.87 Å². The van der Waals surface area contributed by atoms with Gasteiger partial charge < -0.3 is 10.2 Å². The first kappa shape index (κ1) is 31.5. The van der Waals surface area contributed by atoms with Crippen molar-refractivity contribution < 1.29 is 18.0 Å². The number of sulfonamides is 1. The van der Waals surface area contributed by atoms with Gasteiger partial charge in [0, 0.05) is 23.1 Å². The summed E-state index contributed by atoms with van der Waals surface area (Å²) in [6.45, 7) is 9.15. The van der Waals surface area contributed by atoms with Crippen LogP contribution in [0.3, 0.4) is 0 Å². The van der Waals surface area contributed by atoms with Crippen molar-refractivity contribution in [2.75, 3.05) is 17.4 Å². The van der Waals surface area contributed by atoms with E-state index in [1.807, 2.05) is 20.8 Å². The zero-order valence-corrected chi connectivity index (χ0v) is 25.6. The summed E-state index contributed by atoms with van der Waals surface area (Å²) in [5.41, 5.74) is 2.51. The summed E-state index contributed by atoms with van der Waals surface area (Å²) in [4.78, 5) is 28.5. The lowest BCUT2D eigenvalue weighted by molar-refractivity contribution is -0.139. The molecule has 0 bridgehead atoms. The highest BCUT2D eigenvalue weighted by molar-refractivity contribution is 7.92. The van der Waals surface area contributed by atoms with Crippen molar-refractivity contribution in [3.63, 3.8) is 0 Å². The van der Waals surface area contributed by atoms with Gasteiger partial charge in [0.1, 0.15) is 12.6 Å². The third-order valence-corrected chi connectivity index (χ3v) is 8.65. The lowest BCUT2D eigenvalue weighted by Crippen LogP contribution is -2.51. The van der Waals surface area contributed by atoms with Gasteiger partial charge in [-0.25, -0.2) is 8.42 Å². The van der Waals surface area contributed by atoms with Crippen LogP contribution < -0.4 is 9.62 Å². The Morgan fingerprint density at radius 3 is 2.15 bits per heavy atom. The molecule has 3 aromatic carbocycles. The molecule has 0 aromatic heterocycles. The summed E-state index contributed by atoms with van der Waals surface area (Å²) in [7, 11) is -4.16. The molecule has 0 radical (unpaired) electrons. The molecule has 2 amide bonds. The Morgan fingerprint density at radius 2 is 1.55 bits per heavy atom. The van der Waals surface area contributed by atoms with Crippen molar-refractivity contribution >= 4 is 50.7 Å². The minimum absolute atomic E-state index is 0.0457. The number of anilines is 1. The van der Waals surface area contributed by atoms with E-state index >= 15 is 0 Å². The molecule has 0 saturated heterocycles. The molecule has 0 saturated carbocycles. The van der Waals surface area contributed by atoms with E-state index in [0.29, 0.717) is 33.4 Å². The molecule has 0 spiro atoms. The molecule has 1 N–H and O–H groups in total. The first-order valence-corrected chi connectivity index (χ1v) is 15.2. The number of carbonyl (C=O) groups excluding carboxylic acids is 2. The van der Waals surface area contributed by atoms with E-state index in [4.69, 9.17) is 23.2 Å². The Labute approximate surface area is 247 Å². The number of nitrogens with zero attached hydrogens (tertiary/aromatic N) is 2. The molecule has 0 aliphatic rings. The lowest BCUT2D eigenvalue weighted by atomic mass is 10.1. The molecular weight excluding hydrogens is 569 g/mol. The molecule has 10 heteroatoms. The molecule has 0 aliphatic heterocycles. The Bertz CT molecular complexity index is 1460. The summed E-state index contributed by atoms with van der Waals surface area (Å²) < 4.78 is 29.0. The number of hydrogen-bond donors (Lipinski definition) is 1. The van der Waals surface area contributed by atoms with E-state index in [1.165, 1.54) is 17.0 Å². The van der Waals surface area contributed by atoms with Crippen LogP contribution >= 0.6 is 23.2 Å². The first-order valence-electron chi connectivity index (χ1n) is 13.0. The Kier molecular flexibility index (Phi) is 10.6. The number of halogens is 2. The maximum atomic E-state index is 14.0. The molecule has 3 rings (SSSR count). The van der Waals surface area contributed by atoms with Crippen molar-refractivity contribution in [3.05, 3.63) is 93.5 Å². The highest BCUT2D eigenvalue weighted by atomic mass is 35.5. The normalized spacial score (nSPS) is 12.2. The molecule has 0 unspecified atom stereocenters. The summed E-state index contributed by atoms with van der Waals surface area (Å²) in [5.74, 6) is -0.659. The van der Waals surface area contributed by atoms with Gasteiger partial charge in [-0.2, -0.15) is 0 Å². The van der Waals surface area contributed by atoms with E-state index in [-0.39, 0.29) is 23.3 Å². The fourth-order valence-electron chi connectivity index (χ4n) is 4.12. The predicted octanol–water partition coefficient (Wildman–Crippen LogP) is 6.00. The molecule has 0 fully saturated rings. The number of carbonyl (C=O) groups is 2. The highest BCUT2D eigenvalue weighted by Crippen LogP contribution is 2.29. The van der Waals surface area contributed by atoms with Crippen molar-refractivity contribution in [2.45, 2.75) is 52.1 Å². The highest BCUT2D eigenvalue weighted by Gasteiger charge is 2.33. The molecule has 3 aromatic rings. The first-order chi connectivity index (χ1) is 18.8. The molecule has 7 nitrogen and oxygen atoms in total. The monoisotopic (exact) mass is 603 g/mol. The number of nitrogens with one attached hydrogen (secondary N) is 1. The van der Waals surface area contributed by atoms with Crippen LogP contribution in [0.1, 0.15) is 37.5 Å². The zero-order chi connectivity index (χ0) is 29.6. The van der Waals surface area contributed by atoms with Gasteiger partial charge in [0.15, 0.2) is 0 Å². The largest absolute Gasteiger partial charge is 0.354 e. The van der Waals surface area contributed by atoms with Crippen LogP contribution in [0.5, 0.6) is 0 Å². The number of hydrogen-bond acceptors (Lipinski definition) is 4. The molecule has 1 atom stereocenters. The van der Waals surface area contributed by atoms with Gasteiger partial charge in [0.05, 0.1) is 10.6 Å². The average molecular weight is 605 g/mol. The van der Waals surface area contributed by atoms with E-state index < -0.39 is 28.5 Å². The van der Waals surface area contributed by atoms with Crippen LogP contribution in [0, 0.1) is 19.8 Å². The molecule has 0 aliphatic carbocycles. The second-order valence-electron chi connectivity index (χ2n) is 10.2. The molecule has 214 valence electrons. The maximum Gasteiger partial charge on any atom is 0.264 e. The third-order valence-electron chi connectivity index (χ3n) is 6.41. The third kappa shape index (κ3) is 7.99. The van der Waals surface area contributed by atoms with Crippen LogP contribution in [0.2, 0.25) is 10.0 Å². The van der Waals surface area contributed by atoms with E-state index in [9.17, 15) is 18.0 Å². The average Bonchev–Trinajstić information content (AvgIpc) is 2.89. The summed E-state index contributed by atoms with van der Waals surface area (Å²) >= 11 is 12.3.